The SMILES string of the molecule is [C-]#[N+]c1ccc(N(c2ccc(-c3c4ccccc4c(N(c4ccc(C#N)cc4)c4ccc5c(c4)c4ccccc4n5-c4ccc(F)cc4)c4ccccc34)cc2)c2ccc3c(c2)c2ccccc2n3-c2ccc(F)cc2)cc1. The topological polar surface area (TPSA) is 44.5 Å². The van der Waals surface area contributed by atoms with Crippen LogP contribution in [-0.2, 0) is 0 Å². The van der Waals surface area contributed by atoms with E-state index in [2.05, 4.69) is 169 Å². The molecule has 78 heavy (non-hydrogen) atoms. The lowest BCUT2D eigenvalue weighted by Crippen LogP contribution is -2.12. The molecule has 0 saturated carbocycles. The molecule has 0 spiro atoms. The Morgan fingerprint density at radius 3 is 1.23 bits per heavy atom. The van der Waals surface area contributed by atoms with Gasteiger partial charge in [0, 0.05) is 72.1 Å². The van der Waals surface area contributed by atoms with Crippen LogP contribution in [0.3, 0.4) is 0 Å². The van der Waals surface area contributed by atoms with E-state index in [1.165, 1.54) is 24.3 Å². The van der Waals surface area contributed by atoms with Crippen molar-refractivity contribution in [1.29, 1.82) is 5.26 Å². The Kier molecular flexibility index (Phi) is 10.9. The Morgan fingerprint density at radius 1 is 0.372 bits per heavy atom. The van der Waals surface area contributed by atoms with Crippen LogP contribution in [0.5, 0.6) is 0 Å². The van der Waals surface area contributed by atoms with Gasteiger partial charge in [-0.15, -0.1) is 0 Å². The molecule has 0 radical (unpaired) electrons. The third kappa shape index (κ3) is 7.51. The van der Waals surface area contributed by atoms with E-state index < -0.39 is 0 Å². The molecular formula is C70H42F2N6. The summed E-state index contributed by atoms with van der Waals surface area (Å²) >= 11 is 0. The molecule has 2 heterocycles. The van der Waals surface area contributed by atoms with Crippen molar-refractivity contribution in [3.8, 4) is 28.6 Å². The molecule has 0 unspecified atom stereocenters. The van der Waals surface area contributed by atoms with E-state index in [4.69, 9.17) is 6.57 Å². The maximum absolute atomic E-state index is 14.3. The van der Waals surface area contributed by atoms with Gasteiger partial charge in [0.05, 0.1) is 46.0 Å². The molecule has 2 aromatic heterocycles. The van der Waals surface area contributed by atoms with E-state index in [1.807, 2.05) is 91.0 Å². The standard InChI is InChI=1S/C70H42F2N6/c1-74-49-26-36-51(37-27-49)75(55-38-40-67-63(42-55)57-10-6-8-16-65(57)77(67)53-32-22-47(71)23-33-53)50-30-20-46(21-31-50)69-59-12-2-4-14-61(59)70(62-15-5-3-13-60(62)69)76(52-28-18-45(44-73)19-29-52)56-39-41-68-64(43-56)58-11-7-9-17-66(58)78(68)54-34-24-48(72)25-35-54/h2-43H. The van der Waals surface area contributed by atoms with E-state index in [0.29, 0.717) is 11.3 Å². The number of hydrogen-bond acceptors (Lipinski definition) is 3. The lowest BCUT2D eigenvalue weighted by Gasteiger charge is -2.30. The summed E-state index contributed by atoms with van der Waals surface area (Å²) < 4.78 is 32.8. The molecule has 0 bridgehead atoms. The molecule has 0 saturated heterocycles. The molecule has 0 aliphatic carbocycles. The summed E-state index contributed by atoms with van der Waals surface area (Å²) in [5.74, 6) is -0.570. The third-order valence-corrected chi connectivity index (χ3v) is 15.0. The zero-order valence-corrected chi connectivity index (χ0v) is 41.7. The number of aromatic nitrogens is 2. The number of benzene rings is 12. The molecule has 0 fully saturated rings. The van der Waals surface area contributed by atoms with Crippen LogP contribution < -0.4 is 9.80 Å². The molecule has 0 amide bonds. The van der Waals surface area contributed by atoms with E-state index in [1.54, 1.807) is 0 Å². The Hall–Kier alpha value is -10.8. The van der Waals surface area contributed by atoms with Crippen molar-refractivity contribution < 1.29 is 8.78 Å². The fraction of sp³-hybridized carbons (Fsp3) is 0. The van der Waals surface area contributed by atoms with Crippen LogP contribution in [0.2, 0.25) is 0 Å². The van der Waals surface area contributed by atoms with Crippen molar-refractivity contribution in [2.24, 2.45) is 0 Å². The molecule has 12 aromatic carbocycles. The maximum Gasteiger partial charge on any atom is 0.187 e. The first-order valence-corrected chi connectivity index (χ1v) is 25.6. The highest BCUT2D eigenvalue weighted by molar-refractivity contribution is 6.23. The summed E-state index contributed by atoms with van der Waals surface area (Å²) in [5.41, 5.74) is 14.6. The molecular weight excluding hydrogens is 963 g/mol. The van der Waals surface area contributed by atoms with Crippen LogP contribution in [0, 0.1) is 29.5 Å². The minimum Gasteiger partial charge on any atom is -0.311 e. The third-order valence-electron chi connectivity index (χ3n) is 15.0. The van der Waals surface area contributed by atoms with E-state index in [-0.39, 0.29) is 11.6 Å². The first kappa shape index (κ1) is 45.8. The number of anilines is 6. The first-order valence-electron chi connectivity index (χ1n) is 25.6. The van der Waals surface area contributed by atoms with Gasteiger partial charge in [-0.05, 0) is 167 Å². The maximum atomic E-state index is 14.3. The molecule has 14 aromatic rings. The monoisotopic (exact) mass is 1000 g/mol. The number of hydrogen-bond donors (Lipinski definition) is 0. The number of para-hydroxylation sites is 2. The van der Waals surface area contributed by atoms with Gasteiger partial charge in [-0.1, -0.05) is 109 Å². The van der Waals surface area contributed by atoms with Gasteiger partial charge in [-0.25, -0.2) is 13.6 Å². The first-order chi connectivity index (χ1) is 38.4. The minimum absolute atomic E-state index is 0.284. The van der Waals surface area contributed by atoms with Crippen LogP contribution in [-0.4, -0.2) is 9.13 Å². The molecule has 6 nitrogen and oxygen atoms in total. The van der Waals surface area contributed by atoms with Gasteiger partial charge in [0.2, 0.25) is 0 Å². The van der Waals surface area contributed by atoms with Crippen molar-refractivity contribution in [3.63, 3.8) is 0 Å². The Balaban J connectivity index is 0.937. The lowest BCUT2D eigenvalue weighted by molar-refractivity contribution is 0.627. The van der Waals surface area contributed by atoms with E-state index in [0.717, 1.165) is 122 Å². The number of nitrogens with zero attached hydrogens (tertiary/aromatic N) is 6. The summed E-state index contributed by atoms with van der Waals surface area (Å²) in [4.78, 5) is 8.24. The average molecular weight is 1010 g/mol. The van der Waals surface area contributed by atoms with Gasteiger partial charge in [0.25, 0.3) is 0 Å². The number of fused-ring (bicyclic) bond motifs is 8. The summed E-state index contributed by atoms with van der Waals surface area (Å²) in [5, 5.41) is 18.4. The Bertz CT molecular complexity index is 4700. The number of rotatable bonds is 9. The van der Waals surface area contributed by atoms with Gasteiger partial charge in [-0.2, -0.15) is 5.26 Å². The lowest BCUT2D eigenvalue weighted by atomic mass is 9.89. The zero-order valence-electron chi connectivity index (χ0n) is 41.7. The minimum atomic E-state index is -0.286. The summed E-state index contributed by atoms with van der Waals surface area (Å²) in [6, 6.07) is 86.6. The predicted molar refractivity (Wildman–Crippen MR) is 316 cm³/mol. The van der Waals surface area contributed by atoms with Crippen LogP contribution in [0.15, 0.2) is 255 Å². The second kappa shape index (κ2) is 18.5. The summed E-state index contributed by atoms with van der Waals surface area (Å²) in [7, 11) is 0. The fourth-order valence-corrected chi connectivity index (χ4v) is 11.6. The van der Waals surface area contributed by atoms with Crippen LogP contribution in [0.1, 0.15) is 5.56 Å². The molecule has 0 aliphatic rings. The van der Waals surface area contributed by atoms with Gasteiger partial charge in [0.15, 0.2) is 5.69 Å². The van der Waals surface area contributed by atoms with Gasteiger partial charge in [0.1, 0.15) is 11.6 Å². The largest absolute Gasteiger partial charge is 0.311 e. The Morgan fingerprint density at radius 2 is 0.756 bits per heavy atom. The average Bonchev–Trinajstić information content (AvgIpc) is 4.15. The van der Waals surface area contributed by atoms with E-state index in [9.17, 15) is 14.0 Å². The molecule has 366 valence electrons. The Labute approximate surface area is 447 Å². The van der Waals surface area contributed by atoms with Crippen LogP contribution in [0.4, 0.5) is 48.6 Å². The van der Waals surface area contributed by atoms with E-state index >= 15 is 0 Å². The second-order valence-corrected chi connectivity index (χ2v) is 19.4. The second-order valence-electron chi connectivity index (χ2n) is 19.4. The van der Waals surface area contributed by atoms with Crippen molar-refractivity contribution in [2.75, 3.05) is 9.80 Å². The molecule has 14 rings (SSSR count). The van der Waals surface area contributed by atoms with Crippen LogP contribution in [0.25, 0.3) is 92.5 Å². The molecule has 0 N–H and O–H groups in total. The molecule has 0 aliphatic heterocycles. The molecule has 0 atom stereocenters. The predicted octanol–water partition coefficient (Wildman–Crippen LogP) is 19.5. The highest BCUT2D eigenvalue weighted by Crippen LogP contribution is 2.50. The van der Waals surface area contributed by atoms with Crippen molar-refractivity contribution in [1.82, 2.24) is 9.13 Å². The number of halogens is 2. The summed E-state index contributed by atoms with van der Waals surface area (Å²) in [6.07, 6.45) is 0. The van der Waals surface area contributed by atoms with Gasteiger partial charge in [-0.3, -0.25) is 0 Å². The molecule has 8 heteroatoms. The van der Waals surface area contributed by atoms with Gasteiger partial charge >= 0.3 is 0 Å². The van der Waals surface area contributed by atoms with Gasteiger partial charge < -0.3 is 18.9 Å². The summed E-state index contributed by atoms with van der Waals surface area (Å²) in [6.45, 7) is 7.71. The highest BCUT2D eigenvalue weighted by Gasteiger charge is 2.25. The zero-order chi connectivity index (χ0) is 52.4. The van der Waals surface area contributed by atoms with Crippen LogP contribution >= 0.6 is 0 Å². The normalized spacial score (nSPS) is 11.4. The van der Waals surface area contributed by atoms with Crippen molar-refractivity contribution in [3.05, 3.63) is 283 Å². The number of nitriles is 1. The highest BCUT2D eigenvalue weighted by atomic mass is 19.1. The van der Waals surface area contributed by atoms with Crippen molar-refractivity contribution in [2.45, 2.75) is 0 Å². The smallest absolute Gasteiger partial charge is 0.187 e. The quantitative estimate of drug-likeness (QED) is 0.107. The van der Waals surface area contributed by atoms with Crippen molar-refractivity contribution >= 4 is 105 Å². The fourth-order valence-electron chi connectivity index (χ4n) is 11.6.